The molecule has 0 aliphatic carbocycles. The lowest BCUT2D eigenvalue weighted by molar-refractivity contribution is -0.150. The molecule has 2 aromatic rings. The van der Waals surface area contributed by atoms with Gasteiger partial charge < -0.3 is 9.84 Å². The molecule has 7 heteroatoms. The molecule has 0 spiro atoms. The number of nitrogens with zero attached hydrogens (tertiary/aromatic N) is 2. The standard InChI is InChI=1S/C22H21F3N2O2/c23-22(24,25)18-7-16(11-26)6-17(8-18)21(28)9-19-13-29-14-20(10-21)27(19)12-15-4-2-1-3-5-15/h1-8,19-20,28H,9-10,12-14H2. The molecule has 2 aliphatic rings. The van der Waals surface area contributed by atoms with Gasteiger partial charge in [0.15, 0.2) is 0 Å². The van der Waals surface area contributed by atoms with Gasteiger partial charge in [0.05, 0.1) is 36.0 Å². The second-order valence-electron chi connectivity index (χ2n) is 7.85. The number of ether oxygens (including phenoxy) is 1. The van der Waals surface area contributed by atoms with E-state index in [1.807, 2.05) is 30.3 Å². The van der Waals surface area contributed by atoms with Crippen LogP contribution in [0.25, 0.3) is 0 Å². The summed E-state index contributed by atoms with van der Waals surface area (Å²) in [5.74, 6) is 0. The van der Waals surface area contributed by atoms with Crippen molar-refractivity contribution >= 4 is 0 Å². The number of hydrogen-bond acceptors (Lipinski definition) is 4. The highest BCUT2D eigenvalue weighted by Crippen LogP contribution is 2.43. The molecule has 0 saturated carbocycles. The Morgan fingerprint density at radius 3 is 2.34 bits per heavy atom. The van der Waals surface area contributed by atoms with E-state index in [4.69, 9.17) is 4.74 Å². The Bertz CT molecular complexity index is 910. The number of morpholine rings is 1. The summed E-state index contributed by atoms with van der Waals surface area (Å²) in [4.78, 5) is 2.27. The molecular formula is C22H21F3N2O2. The first kappa shape index (κ1) is 19.9. The molecule has 4 nitrogen and oxygen atoms in total. The van der Waals surface area contributed by atoms with Crippen LogP contribution < -0.4 is 0 Å². The van der Waals surface area contributed by atoms with Crippen LogP contribution in [0.3, 0.4) is 0 Å². The van der Waals surface area contributed by atoms with E-state index in [0.717, 1.165) is 17.7 Å². The number of alkyl halides is 3. The summed E-state index contributed by atoms with van der Waals surface area (Å²) in [5.41, 5.74) is -1.15. The Hall–Kier alpha value is -2.40. The van der Waals surface area contributed by atoms with Crippen LogP contribution in [-0.4, -0.2) is 35.3 Å². The molecular weight excluding hydrogens is 381 g/mol. The molecule has 1 N–H and O–H groups in total. The molecule has 29 heavy (non-hydrogen) atoms. The third kappa shape index (κ3) is 4.01. The normalized spacial score (nSPS) is 27.4. The van der Waals surface area contributed by atoms with Crippen molar-refractivity contribution in [3.8, 4) is 6.07 Å². The maximum absolute atomic E-state index is 13.3. The van der Waals surface area contributed by atoms with E-state index < -0.39 is 17.3 Å². The van der Waals surface area contributed by atoms with Gasteiger partial charge >= 0.3 is 6.18 Å². The number of hydrogen-bond donors (Lipinski definition) is 1. The third-order valence-corrected chi connectivity index (χ3v) is 5.84. The van der Waals surface area contributed by atoms with Crippen molar-refractivity contribution in [3.63, 3.8) is 0 Å². The zero-order chi connectivity index (χ0) is 20.6. The lowest BCUT2D eigenvalue weighted by Gasteiger charge is -2.52. The number of aliphatic hydroxyl groups is 1. The van der Waals surface area contributed by atoms with Crippen molar-refractivity contribution in [2.45, 2.75) is 43.2 Å². The minimum atomic E-state index is -4.58. The third-order valence-electron chi connectivity index (χ3n) is 5.84. The first-order valence-corrected chi connectivity index (χ1v) is 9.51. The van der Waals surface area contributed by atoms with Gasteiger partial charge in [0.2, 0.25) is 0 Å². The van der Waals surface area contributed by atoms with E-state index in [-0.39, 0.29) is 36.1 Å². The van der Waals surface area contributed by atoms with Crippen molar-refractivity contribution in [1.29, 1.82) is 5.26 Å². The highest BCUT2D eigenvalue weighted by Gasteiger charge is 2.47. The van der Waals surface area contributed by atoms with E-state index in [9.17, 15) is 23.5 Å². The van der Waals surface area contributed by atoms with Gasteiger partial charge in [-0.1, -0.05) is 30.3 Å². The quantitative estimate of drug-likeness (QED) is 0.848. The predicted octanol–water partition coefficient (Wildman–Crippen LogP) is 3.83. The summed E-state index contributed by atoms with van der Waals surface area (Å²) >= 11 is 0. The van der Waals surface area contributed by atoms with Crippen molar-refractivity contribution in [2.24, 2.45) is 0 Å². The van der Waals surface area contributed by atoms with Gasteiger partial charge in [-0.15, -0.1) is 0 Å². The van der Waals surface area contributed by atoms with E-state index in [1.165, 1.54) is 6.07 Å². The summed E-state index contributed by atoms with van der Waals surface area (Å²) in [6.45, 7) is 1.52. The number of nitriles is 1. The smallest absolute Gasteiger partial charge is 0.385 e. The average Bonchev–Trinajstić information content (AvgIpc) is 2.68. The summed E-state index contributed by atoms with van der Waals surface area (Å²) in [5, 5.41) is 20.6. The molecule has 2 saturated heterocycles. The second-order valence-corrected chi connectivity index (χ2v) is 7.85. The fourth-order valence-electron chi connectivity index (χ4n) is 4.46. The Balaban J connectivity index is 1.65. The monoisotopic (exact) mass is 402 g/mol. The number of rotatable bonds is 3. The van der Waals surface area contributed by atoms with Crippen molar-refractivity contribution in [1.82, 2.24) is 4.90 Å². The van der Waals surface area contributed by atoms with Crippen LogP contribution in [0.15, 0.2) is 48.5 Å². The number of benzene rings is 2. The molecule has 2 fully saturated rings. The predicted molar refractivity (Wildman–Crippen MR) is 99.7 cm³/mol. The maximum atomic E-state index is 13.3. The van der Waals surface area contributed by atoms with E-state index in [1.54, 1.807) is 6.07 Å². The summed E-state index contributed by atoms with van der Waals surface area (Å²) in [7, 11) is 0. The molecule has 2 aromatic carbocycles. The topological polar surface area (TPSA) is 56.5 Å². The Labute approximate surface area is 167 Å². The minimum absolute atomic E-state index is 0.101. The molecule has 2 unspecified atom stereocenters. The van der Waals surface area contributed by atoms with Crippen LogP contribution in [0.4, 0.5) is 13.2 Å². The molecule has 2 aliphatic heterocycles. The maximum Gasteiger partial charge on any atom is 0.416 e. The van der Waals surface area contributed by atoms with E-state index in [0.29, 0.717) is 19.8 Å². The van der Waals surface area contributed by atoms with Crippen LogP contribution in [0.5, 0.6) is 0 Å². The first-order valence-electron chi connectivity index (χ1n) is 9.51. The zero-order valence-corrected chi connectivity index (χ0v) is 15.7. The van der Waals surface area contributed by atoms with Crippen LogP contribution in [0, 0.1) is 11.3 Å². The van der Waals surface area contributed by atoms with Gasteiger partial charge in [-0.3, -0.25) is 4.90 Å². The van der Waals surface area contributed by atoms with E-state index in [2.05, 4.69) is 4.90 Å². The van der Waals surface area contributed by atoms with Gasteiger partial charge in [0.25, 0.3) is 0 Å². The van der Waals surface area contributed by atoms with Crippen molar-refractivity contribution in [2.75, 3.05) is 13.2 Å². The molecule has 2 heterocycles. The molecule has 4 rings (SSSR count). The highest BCUT2D eigenvalue weighted by molar-refractivity contribution is 5.41. The molecule has 2 atom stereocenters. The van der Waals surface area contributed by atoms with Crippen LogP contribution >= 0.6 is 0 Å². The number of piperidine rings is 1. The fraction of sp³-hybridized carbons (Fsp3) is 0.409. The lowest BCUT2D eigenvalue weighted by Crippen LogP contribution is -2.60. The minimum Gasteiger partial charge on any atom is -0.385 e. The first-order chi connectivity index (χ1) is 13.8. The molecule has 0 aromatic heterocycles. The Morgan fingerprint density at radius 1 is 1.10 bits per heavy atom. The Morgan fingerprint density at radius 2 is 1.76 bits per heavy atom. The van der Waals surface area contributed by atoms with Gasteiger partial charge in [-0.25, -0.2) is 0 Å². The van der Waals surface area contributed by atoms with Gasteiger partial charge in [-0.05, 0) is 42.2 Å². The van der Waals surface area contributed by atoms with Crippen LogP contribution in [0.1, 0.15) is 35.1 Å². The number of fused-ring (bicyclic) bond motifs is 2. The lowest BCUT2D eigenvalue weighted by atomic mass is 9.76. The molecule has 152 valence electrons. The van der Waals surface area contributed by atoms with Gasteiger partial charge in [-0.2, -0.15) is 18.4 Å². The summed E-state index contributed by atoms with van der Waals surface area (Å²) in [6.07, 6.45) is -4.07. The zero-order valence-electron chi connectivity index (χ0n) is 15.7. The molecule has 2 bridgehead atoms. The summed E-state index contributed by atoms with van der Waals surface area (Å²) in [6, 6.07) is 14.7. The van der Waals surface area contributed by atoms with Crippen molar-refractivity contribution < 1.29 is 23.0 Å². The van der Waals surface area contributed by atoms with Crippen LogP contribution in [0.2, 0.25) is 0 Å². The van der Waals surface area contributed by atoms with Gasteiger partial charge in [0.1, 0.15) is 0 Å². The number of halogens is 3. The molecule has 0 radical (unpaired) electrons. The largest absolute Gasteiger partial charge is 0.416 e. The average molecular weight is 402 g/mol. The highest BCUT2D eigenvalue weighted by atomic mass is 19.4. The SMILES string of the molecule is N#Cc1cc(C(F)(F)F)cc(C2(O)CC3COCC(C2)N3Cc2ccccc2)c1. The Kier molecular flexibility index (Phi) is 5.11. The van der Waals surface area contributed by atoms with Crippen LogP contribution in [-0.2, 0) is 23.1 Å². The van der Waals surface area contributed by atoms with E-state index >= 15 is 0 Å². The van der Waals surface area contributed by atoms with Gasteiger partial charge in [0, 0.05) is 18.6 Å². The molecule has 0 amide bonds. The fourth-order valence-corrected chi connectivity index (χ4v) is 4.46. The summed E-state index contributed by atoms with van der Waals surface area (Å²) < 4.78 is 45.5. The van der Waals surface area contributed by atoms with Crippen molar-refractivity contribution in [3.05, 3.63) is 70.8 Å². The second kappa shape index (κ2) is 7.45.